The topological polar surface area (TPSA) is 49.0 Å². The second-order valence-corrected chi connectivity index (χ2v) is 8.53. The summed E-state index contributed by atoms with van der Waals surface area (Å²) in [6, 6.07) is 20.6. The van der Waals surface area contributed by atoms with E-state index in [1.165, 1.54) is 24.8 Å². The van der Waals surface area contributed by atoms with Crippen molar-refractivity contribution >= 4 is 6.21 Å². The smallest absolute Gasteiger partial charge is 0.0991 e. The highest BCUT2D eigenvalue weighted by molar-refractivity contribution is 5.87. The molecule has 0 radical (unpaired) electrons. The van der Waals surface area contributed by atoms with Crippen LogP contribution in [0, 0.1) is 31.1 Å². The van der Waals surface area contributed by atoms with Crippen LogP contribution in [0.4, 0.5) is 0 Å². The number of nitriles is 1. The summed E-state index contributed by atoms with van der Waals surface area (Å²) >= 11 is 0. The van der Waals surface area contributed by atoms with Gasteiger partial charge in [0.1, 0.15) is 0 Å². The predicted octanol–water partition coefficient (Wildman–Crippen LogP) is 7.54. The van der Waals surface area contributed by atoms with E-state index < -0.39 is 0 Å². The standard InChI is InChI=1S/C29H33N3/c1-5-7-23(6-2)16-17-31-20-28-22(4)18-27(25-14-10-24(19-30)11-15-25)29(32-28)26-12-8-21(3)9-13-26/h8-15,18,20,23H,5-7,16-17H2,1-4H3. The number of pyridine rings is 1. The first-order chi connectivity index (χ1) is 15.5. The SMILES string of the molecule is CCCC(CC)CCN=Cc1nc(-c2ccc(C)cc2)c(-c2ccc(C#N)cc2)cc1C. The van der Waals surface area contributed by atoms with Crippen molar-refractivity contribution in [2.24, 2.45) is 10.9 Å². The highest BCUT2D eigenvalue weighted by Gasteiger charge is 2.13. The van der Waals surface area contributed by atoms with Gasteiger partial charge in [-0.3, -0.25) is 4.99 Å². The highest BCUT2D eigenvalue weighted by Crippen LogP contribution is 2.32. The molecule has 0 bridgehead atoms. The molecular formula is C29H33N3. The van der Waals surface area contributed by atoms with Crippen molar-refractivity contribution in [1.82, 2.24) is 4.98 Å². The van der Waals surface area contributed by atoms with Crippen molar-refractivity contribution in [3.63, 3.8) is 0 Å². The lowest BCUT2D eigenvalue weighted by Gasteiger charge is -2.14. The van der Waals surface area contributed by atoms with E-state index in [9.17, 15) is 0 Å². The molecule has 0 saturated carbocycles. The van der Waals surface area contributed by atoms with Gasteiger partial charge in [-0.15, -0.1) is 0 Å². The second kappa shape index (κ2) is 11.4. The van der Waals surface area contributed by atoms with E-state index in [-0.39, 0.29) is 0 Å². The van der Waals surface area contributed by atoms with E-state index in [1.807, 2.05) is 30.5 Å². The van der Waals surface area contributed by atoms with Crippen LogP contribution in [-0.2, 0) is 0 Å². The maximum Gasteiger partial charge on any atom is 0.0991 e. The Morgan fingerprint density at radius 2 is 1.66 bits per heavy atom. The molecular weight excluding hydrogens is 390 g/mol. The van der Waals surface area contributed by atoms with E-state index in [0.29, 0.717) is 5.56 Å². The van der Waals surface area contributed by atoms with Crippen molar-refractivity contribution in [1.29, 1.82) is 5.26 Å². The van der Waals surface area contributed by atoms with E-state index in [4.69, 9.17) is 15.2 Å². The fourth-order valence-electron chi connectivity index (χ4n) is 4.00. The Morgan fingerprint density at radius 3 is 2.28 bits per heavy atom. The molecule has 2 aromatic carbocycles. The van der Waals surface area contributed by atoms with Gasteiger partial charge in [-0.1, -0.05) is 75.1 Å². The third-order valence-electron chi connectivity index (χ3n) is 6.06. The third kappa shape index (κ3) is 5.92. The summed E-state index contributed by atoms with van der Waals surface area (Å²) in [7, 11) is 0. The number of aliphatic imine (C=N–C) groups is 1. The molecule has 0 N–H and O–H groups in total. The molecule has 3 nitrogen and oxygen atoms in total. The lowest BCUT2D eigenvalue weighted by Crippen LogP contribution is -2.02. The monoisotopic (exact) mass is 423 g/mol. The van der Waals surface area contributed by atoms with Crippen molar-refractivity contribution in [3.05, 3.63) is 77.0 Å². The Balaban J connectivity index is 1.96. The maximum atomic E-state index is 9.14. The minimum absolute atomic E-state index is 0.660. The Hall–Kier alpha value is -3.25. The minimum atomic E-state index is 0.660. The van der Waals surface area contributed by atoms with Crippen molar-refractivity contribution in [2.75, 3.05) is 6.54 Å². The molecule has 0 saturated heterocycles. The molecule has 0 spiro atoms. The second-order valence-electron chi connectivity index (χ2n) is 8.53. The van der Waals surface area contributed by atoms with Gasteiger partial charge in [-0.2, -0.15) is 5.26 Å². The summed E-state index contributed by atoms with van der Waals surface area (Å²) in [5.74, 6) is 0.757. The van der Waals surface area contributed by atoms with Crippen molar-refractivity contribution in [2.45, 2.75) is 53.4 Å². The average Bonchev–Trinajstić information content (AvgIpc) is 2.82. The van der Waals surface area contributed by atoms with Crippen LogP contribution in [0.2, 0.25) is 0 Å². The zero-order chi connectivity index (χ0) is 22.9. The maximum absolute atomic E-state index is 9.14. The molecule has 1 heterocycles. The Kier molecular flexibility index (Phi) is 8.34. The normalized spacial score (nSPS) is 12.1. The molecule has 0 aliphatic carbocycles. The van der Waals surface area contributed by atoms with Gasteiger partial charge in [-0.05, 0) is 55.5 Å². The first-order valence-electron chi connectivity index (χ1n) is 11.6. The summed E-state index contributed by atoms with van der Waals surface area (Å²) in [5.41, 5.74) is 8.06. The number of benzene rings is 2. The van der Waals surface area contributed by atoms with Gasteiger partial charge < -0.3 is 0 Å². The van der Waals surface area contributed by atoms with E-state index in [2.05, 4.69) is 64.1 Å². The molecule has 3 rings (SSSR count). The van der Waals surface area contributed by atoms with Crippen LogP contribution in [-0.4, -0.2) is 17.7 Å². The van der Waals surface area contributed by atoms with Gasteiger partial charge in [-0.25, -0.2) is 4.98 Å². The van der Waals surface area contributed by atoms with Crippen LogP contribution in [0.25, 0.3) is 22.4 Å². The van der Waals surface area contributed by atoms with E-state index in [0.717, 1.165) is 52.5 Å². The van der Waals surface area contributed by atoms with E-state index >= 15 is 0 Å². The van der Waals surface area contributed by atoms with Crippen LogP contribution in [0.15, 0.2) is 59.6 Å². The zero-order valence-electron chi connectivity index (χ0n) is 19.7. The molecule has 0 fully saturated rings. The van der Waals surface area contributed by atoms with Crippen LogP contribution in [0.3, 0.4) is 0 Å². The first kappa shape index (κ1) is 23.4. The minimum Gasteiger partial charge on any atom is -0.291 e. The van der Waals surface area contributed by atoms with Gasteiger partial charge in [0.25, 0.3) is 0 Å². The number of nitrogens with zero attached hydrogens (tertiary/aromatic N) is 3. The first-order valence-corrected chi connectivity index (χ1v) is 11.6. The van der Waals surface area contributed by atoms with E-state index in [1.54, 1.807) is 0 Å². The molecule has 1 atom stereocenters. The zero-order valence-corrected chi connectivity index (χ0v) is 19.7. The molecule has 3 heteroatoms. The predicted molar refractivity (Wildman–Crippen MR) is 135 cm³/mol. The molecule has 0 amide bonds. The van der Waals surface area contributed by atoms with Gasteiger partial charge in [0.15, 0.2) is 0 Å². The lowest BCUT2D eigenvalue weighted by atomic mass is 9.96. The number of aromatic nitrogens is 1. The highest BCUT2D eigenvalue weighted by atomic mass is 14.8. The van der Waals surface area contributed by atoms with Gasteiger partial charge in [0.05, 0.1) is 23.0 Å². The Bertz CT molecular complexity index is 1090. The van der Waals surface area contributed by atoms with Crippen LogP contribution >= 0.6 is 0 Å². The Morgan fingerprint density at radius 1 is 0.969 bits per heavy atom. The number of aryl methyl sites for hydroxylation is 2. The summed E-state index contributed by atoms with van der Waals surface area (Å²) in [4.78, 5) is 9.77. The van der Waals surface area contributed by atoms with Gasteiger partial charge >= 0.3 is 0 Å². The largest absolute Gasteiger partial charge is 0.291 e. The molecule has 164 valence electrons. The van der Waals surface area contributed by atoms with Gasteiger partial charge in [0, 0.05) is 23.9 Å². The molecule has 3 aromatic rings. The Labute approximate surface area is 192 Å². The quantitative estimate of drug-likeness (QED) is 0.334. The molecule has 1 unspecified atom stereocenters. The van der Waals surface area contributed by atoms with Crippen LogP contribution in [0.1, 0.15) is 61.9 Å². The van der Waals surface area contributed by atoms with Crippen molar-refractivity contribution < 1.29 is 0 Å². The lowest BCUT2D eigenvalue weighted by molar-refractivity contribution is 0.439. The number of rotatable bonds is 9. The molecule has 0 aliphatic rings. The fourth-order valence-corrected chi connectivity index (χ4v) is 4.00. The summed E-state index contributed by atoms with van der Waals surface area (Å²) in [6.45, 7) is 9.55. The van der Waals surface area contributed by atoms with Gasteiger partial charge in [0.2, 0.25) is 0 Å². The molecule has 1 aromatic heterocycles. The van der Waals surface area contributed by atoms with Crippen molar-refractivity contribution in [3.8, 4) is 28.5 Å². The summed E-state index contributed by atoms with van der Waals surface area (Å²) < 4.78 is 0. The van der Waals surface area contributed by atoms with Crippen LogP contribution < -0.4 is 0 Å². The number of hydrogen-bond donors (Lipinski definition) is 0. The molecule has 0 aliphatic heterocycles. The summed E-state index contributed by atoms with van der Waals surface area (Å²) in [6.07, 6.45) is 6.81. The fraction of sp³-hybridized carbons (Fsp3) is 0.345. The number of hydrogen-bond acceptors (Lipinski definition) is 3. The third-order valence-corrected chi connectivity index (χ3v) is 6.06. The molecule has 32 heavy (non-hydrogen) atoms. The summed E-state index contributed by atoms with van der Waals surface area (Å²) in [5, 5.41) is 9.14. The van der Waals surface area contributed by atoms with Crippen LogP contribution in [0.5, 0.6) is 0 Å². The average molecular weight is 424 g/mol.